The molecule has 1 aromatic heterocycles. The standard InChI is InChI=1S/C13H18ClNO2/c1-5-10-12(13(16)17-4)9(6-8(2)3)7-11(14)15-10/h7-8H,5-6H2,1-4H3. The Bertz CT molecular complexity index is 416. The van der Waals surface area contributed by atoms with Crippen LogP contribution >= 0.6 is 11.6 Å². The number of aryl methyl sites for hydroxylation is 1. The second kappa shape index (κ2) is 6.01. The highest BCUT2D eigenvalue weighted by atomic mass is 35.5. The molecule has 0 aliphatic carbocycles. The number of esters is 1. The fourth-order valence-corrected chi connectivity index (χ4v) is 2.06. The van der Waals surface area contributed by atoms with Crippen molar-refractivity contribution >= 4 is 17.6 Å². The molecule has 94 valence electrons. The molecule has 0 saturated heterocycles. The van der Waals surface area contributed by atoms with Crippen LogP contribution in [-0.2, 0) is 17.6 Å². The first-order valence-electron chi connectivity index (χ1n) is 5.76. The Kier molecular flexibility index (Phi) is 4.94. The Labute approximate surface area is 107 Å². The van der Waals surface area contributed by atoms with Gasteiger partial charge in [-0.1, -0.05) is 32.4 Å². The van der Waals surface area contributed by atoms with Crippen LogP contribution in [0.25, 0.3) is 0 Å². The molecule has 1 aromatic rings. The van der Waals surface area contributed by atoms with Crippen molar-refractivity contribution in [2.45, 2.75) is 33.6 Å². The minimum atomic E-state index is -0.332. The highest BCUT2D eigenvalue weighted by Gasteiger charge is 2.19. The number of rotatable bonds is 4. The molecule has 0 bridgehead atoms. The van der Waals surface area contributed by atoms with Crippen molar-refractivity contribution in [2.75, 3.05) is 7.11 Å². The highest BCUT2D eigenvalue weighted by Crippen LogP contribution is 2.22. The number of carbonyl (C=O) groups is 1. The van der Waals surface area contributed by atoms with Crippen LogP contribution < -0.4 is 0 Å². The third-order valence-electron chi connectivity index (χ3n) is 2.50. The highest BCUT2D eigenvalue weighted by molar-refractivity contribution is 6.29. The van der Waals surface area contributed by atoms with Gasteiger partial charge >= 0.3 is 5.97 Å². The van der Waals surface area contributed by atoms with Crippen molar-refractivity contribution in [1.82, 2.24) is 4.98 Å². The molecule has 0 saturated carbocycles. The van der Waals surface area contributed by atoms with Gasteiger partial charge in [-0.3, -0.25) is 0 Å². The molecular formula is C13H18ClNO2. The number of aromatic nitrogens is 1. The van der Waals surface area contributed by atoms with Gasteiger partial charge < -0.3 is 4.74 Å². The predicted molar refractivity (Wildman–Crippen MR) is 68.5 cm³/mol. The average Bonchev–Trinajstić information content (AvgIpc) is 2.26. The third-order valence-corrected chi connectivity index (χ3v) is 2.69. The first-order valence-corrected chi connectivity index (χ1v) is 6.14. The van der Waals surface area contributed by atoms with Gasteiger partial charge in [0, 0.05) is 0 Å². The van der Waals surface area contributed by atoms with E-state index in [9.17, 15) is 4.79 Å². The zero-order chi connectivity index (χ0) is 13.0. The summed E-state index contributed by atoms with van der Waals surface area (Å²) in [6, 6.07) is 1.76. The summed E-state index contributed by atoms with van der Waals surface area (Å²) >= 11 is 5.97. The Morgan fingerprint density at radius 1 is 1.53 bits per heavy atom. The Morgan fingerprint density at radius 3 is 2.65 bits per heavy atom. The molecule has 0 amide bonds. The fraction of sp³-hybridized carbons (Fsp3) is 0.538. The number of nitrogens with zero attached hydrogens (tertiary/aromatic N) is 1. The van der Waals surface area contributed by atoms with E-state index in [1.54, 1.807) is 6.07 Å². The lowest BCUT2D eigenvalue weighted by molar-refractivity contribution is 0.0597. The molecule has 0 fully saturated rings. The van der Waals surface area contributed by atoms with Gasteiger partial charge in [0.25, 0.3) is 0 Å². The normalized spacial score (nSPS) is 10.7. The van der Waals surface area contributed by atoms with E-state index >= 15 is 0 Å². The molecular weight excluding hydrogens is 238 g/mol. The van der Waals surface area contributed by atoms with Gasteiger partial charge in [0.15, 0.2) is 0 Å². The van der Waals surface area contributed by atoms with Gasteiger partial charge in [0.05, 0.1) is 18.4 Å². The van der Waals surface area contributed by atoms with Crippen molar-refractivity contribution in [3.8, 4) is 0 Å². The zero-order valence-corrected chi connectivity index (χ0v) is 11.5. The zero-order valence-electron chi connectivity index (χ0n) is 10.7. The molecule has 0 N–H and O–H groups in total. The number of pyridine rings is 1. The molecule has 0 aliphatic rings. The van der Waals surface area contributed by atoms with Gasteiger partial charge in [-0.05, 0) is 30.4 Å². The molecule has 0 atom stereocenters. The molecule has 0 unspecified atom stereocenters. The quantitative estimate of drug-likeness (QED) is 0.612. The lowest BCUT2D eigenvalue weighted by Crippen LogP contribution is -2.13. The van der Waals surface area contributed by atoms with Gasteiger partial charge in [-0.25, -0.2) is 9.78 Å². The summed E-state index contributed by atoms with van der Waals surface area (Å²) in [5.74, 6) is 0.114. The van der Waals surface area contributed by atoms with Gasteiger partial charge in [-0.15, -0.1) is 0 Å². The van der Waals surface area contributed by atoms with Crippen LogP contribution in [-0.4, -0.2) is 18.1 Å². The number of hydrogen-bond donors (Lipinski definition) is 0. The summed E-state index contributed by atoms with van der Waals surface area (Å²) in [5, 5.41) is 0.435. The van der Waals surface area contributed by atoms with E-state index < -0.39 is 0 Å². The van der Waals surface area contributed by atoms with Crippen LogP contribution in [0.3, 0.4) is 0 Å². The van der Waals surface area contributed by atoms with Crippen molar-refractivity contribution in [1.29, 1.82) is 0 Å². The molecule has 4 heteroatoms. The van der Waals surface area contributed by atoms with Crippen LogP contribution in [0.5, 0.6) is 0 Å². The van der Waals surface area contributed by atoms with Crippen molar-refractivity contribution in [3.63, 3.8) is 0 Å². The SMILES string of the molecule is CCc1nc(Cl)cc(CC(C)C)c1C(=O)OC. The number of halogens is 1. The van der Waals surface area contributed by atoms with Crippen molar-refractivity contribution < 1.29 is 9.53 Å². The second-order valence-electron chi connectivity index (χ2n) is 4.37. The largest absolute Gasteiger partial charge is 0.465 e. The molecule has 17 heavy (non-hydrogen) atoms. The first-order chi connectivity index (χ1) is 7.99. The van der Waals surface area contributed by atoms with Crippen molar-refractivity contribution in [3.05, 3.63) is 28.0 Å². The molecule has 0 aliphatic heterocycles. The van der Waals surface area contributed by atoms with E-state index in [0.717, 1.165) is 12.0 Å². The maximum absolute atomic E-state index is 11.8. The first kappa shape index (κ1) is 14.0. The predicted octanol–water partition coefficient (Wildman–Crippen LogP) is 3.28. The molecule has 1 heterocycles. The number of carbonyl (C=O) groups excluding carboxylic acids is 1. The summed E-state index contributed by atoms with van der Waals surface area (Å²) in [7, 11) is 1.38. The Balaban J connectivity index is 3.33. The number of methoxy groups -OCH3 is 1. The van der Waals surface area contributed by atoms with E-state index in [2.05, 4.69) is 18.8 Å². The molecule has 3 nitrogen and oxygen atoms in total. The third kappa shape index (κ3) is 3.43. The lowest BCUT2D eigenvalue weighted by atomic mass is 9.97. The summed E-state index contributed by atoms with van der Waals surface area (Å²) in [4.78, 5) is 16.0. The van der Waals surface area contributed by atoms with E-state index in [0.29, 0.717) is 28.7 Å². The lowest BCUT2D eigenvalue weighted by Gasteiger charge is -2.13. The summed E-state index contributed by atoms with van der Waals surface area (Å²) in [6.07, 6.45) is 1.45. The minimum Gasteiger partial charge on any atom is -0.465 e. The van der Waals surface area contributed by atoms with Gasteiger partial charge in [0.2, 0.25) is 0 Å². The van der Waals surface area contributed by atoms with Crippen molar-refractivity contribution in [2.24, 2.45) is 5.92 Å². The van der Waals surface area contributed by atoms with Crippen LogP contribution in [0.2, 0.25) is 5.15 Å². The number of ether oxygens (including phenoxy) is 1. The van der Waals surface area contributed by atoms with Gasteiger partial charge in [-0.2, -0.15) is 0 Å². The summed E-state index contributed by atoms with van der Waals surface area (Å²) < 4.78 is 4.82. The minimum absolute atomic E-state index is 0.332. The topological polar surface area (TPSA) is 39.2 Å². The van der Waals surface area contributed by atoms with Gasteiger partial charge in [0.1, 0.15) is 5.15 Å². The maximum Gasteiger partial charge on any atom is 0.339 e. The van der Waals surface area contributed by atoms with Crippen LogP contribution in [0, 0.1) is 5.92 Å². The number of hydrogen-bond acceptors (Lipinski definition) is 3. The molecule has 0 aromatic carbocycles. The monoisotopic (exact) mass is 255 g/mol. The summed E-state index contributed by atoms with van der Waals surface area (Å²) in [6.45, 7) is 6.15. The molecule has 0 radical (unpaired) electrons. The smallest absolute Gasteiger partial charge is 0.339 e. The van der Waals surface area contributed by atoms with Crippen LogP contribution in [0.4, 0.5) is 0 Å². The molecule has 0 spiro atoms. The maximum atomic E-state index is 11.8. The van der Waals surface area contributed by atoms with E-state index in [1.807, 2.05) is 6.92 Å². The summed E-state index contributed by atoms with van der Waals surface area (Å²) in [5.41, 5.74) is 2.21. The van der Waals surface area contributed by atoms with E-state index in [-0.39, 0.29) is 5.97 Å². The average molecular weight is 256 g/mol. The Morgan fingerprint density at radius 2 is 2.18 bits per heavy atom. The Hall–Kier alpha value is -1.09. The van der Waals surface area contributed by atoms with E-state index in [1.165, 1.54) is 7.11 Å². The van der Waals surface area contributed by atoms with Crippen LogP contribution in [0.1, 0.15) is 42.4 Å². The molecule has 1 rings (SSSR count). The van der Waals surface area contributed by atoms with Crippen LogP contribution in [0.15, 0.2) is 6.07 Å². The fourth-order valence-electron chi connectivity index (χ4n) is 1.83. The second-order valence-corrected chi connectivity index (χ2v) is 4.76. The van der Waals surface area contributed by atoms with E-state index in [4.69, 9.17) is 16.3 Å².